The van der Waals surface area contributed by atoms with Crippen LogP contribution in [0.1, 0.15) is 11.3 Å². The Bertz CT molecular complexity index is 579. The molecule has 7 heteroatoms. The zero-order valence-corrected chi connectivity index (χ0v) is 9.65. The number of nitrogens with zero attached hydrogens (tertiary/aromatic N) is 5. The molecule has 0 unspecified atom stereocenters. The molecular weight excluding hydrogens is 232 g/mol. The van der Waals surface area contributed by atoms with Gasteiger partial charge in [-0.3, -0.25) is 9.48 Å². The fraction of sp³-hybridized carbons (Fsp3) is 0.273. The van der Waals surface area contributed by atoms with Gasteiger partial charge >= 0.3 is 0 Å². The summed E-state index contributed by atoms with van der Waals surface area (Å²) >= 11 is 0. The standard InChI is InChI=1S/C11H12N6O/c12-11-13-4-8-5-16(6-9(8)15-11)10(18)7-17-3-1-2-14-17/h1-4H,5-7H2,(H2,12,13,15). The first-order chi connectivity index (χ1) is 8.72. The SMILES string of the molecule is Nc1ncc2c(n1)CN(C(=O)Cn1cccn1)C2. The molecule has 1 aliphatic heterocycles. The Morgan fingerprint density at radius 2 is 2.33 bits per heavy atom. The van der Waals surface area contributed by atoms with E-state index in [9.17, 15) is 4.79 Å². The normalized spacial score (nSPS) is 13.7. The minimum Gasteiger partial charge on any atom is -0.368 e. The summed E-state index contributed by atoms with van der Waals surface area (Å²) in [6.07, 6.45) is 5.09. The van der Waals surface area contributed by atoms with E-state index >= 15 is 0 Å². The number of nitrogens with two attached hydrogens (primary N) is 1. The van der Waals surface area contributed by atoms with Crippen LogP contribution in [0.2, 0.25) is 0 Å². The van der Waals surface area contributed by atoms with Crippen LogP contribution in [-0.4, -0.2) is 30.6 Å². The highest BCUT2D eigenvalue weighted by molar-refractivity contribution is 5.76. The van der Waals surface area contributed by atoms with Crippen LogP contribution in [0.25, 0.3) is 0 Å². The predicted octanol–water partition coefficient (Wildman–Crippen LogP) is -0.202. The van der Waals surface area contributed by atoms with Crippen molar-refractivity contribution in [3.05, 3.63) is 35.9 Å². The van der Waals surface area contributed by atoms with Crippen molar-refractivity contribution in [1.29, 1.82) is 0 Å². The molecule has 1 amide bonds. The van der Waals surface area contributed by atoms with Crippen molar-refractivity contribution in [2.75, 3.05) is 5.73 Å². The number of nitrogen functional groups attached to an aromatic ring is 1. The largest absolute Gasteiger partial charge is 0.368 e. The number of rotatable bonds is 2. The average molecular weight is 244 g/mol. The minimum atomic E-state index is 0.00951. The maximum Gasteiger partial charge on any atom is 0.244 e. The predicted molar refractivity (Wildman–Crippen MR) is 62.9 cm³/mol. The van der Waals surface area contributed by atoms with E-state index in [-0.39, 0.29) is 18.4 Å². The monoisotopic (exact) mass is 244 g/mol. The molecule has 0 bridgehead atoms. The molecule has 0 spiro atoms. The topological polar surface area (TPSA) is 89.9 Å². The minimum absolute atomic E-state index is 0.00951. The van der Waals surface area contributed by atoms with Gasteiger partial charge in [0.2, 0.25) is 11.9 Å². The Morgan fingerprint density at radius 1 is 1.44 bits per heavy atom. The average Bonchev–Trinajstić information content (AvgIpc) is 2.96. The van der Waals surface area contributed by atoms with Crippen molar-refractivity contribution in [3.8, 4) is 0 Å². The van der Waals surface area contributed by atoms with Crippen LogP contribution < -0.4 is 5.73 Å². The third kappa shape index (κ3) is 1.90. The summed E-state index contributed by atoms with van der Waals surface area (Å²) in [6.45, 7) is 1.27. The van der Waals surface area contributed by atoms with Gasteiger partial charge in [-0.25, -0.2) is 9.97 Å². The highest BCUT2D eigenvalue weighted by Crippen LogP contribution is 2.20. The molecule has 2 aromatic heterocycles. The Hall–Kier alpha value is -2.44. The smallest absolute Gasteiger partial charge is 0.244 e. The van der Waals surface area contributed by atoms with Crippen LogP contribution in [-0.2, 0) is 24.4 Å². The number of anilines is 1. The van der Waals surface area contributed by atoms with E-state index in [1.165, 1.54) is 0 Å². The van der Waals surface area contributed by atoms with Crippen molar-refractivity contribution in [2.45, 2.75) is 19.6 Å². The Balaban J connectivity index is 1.72. The fourth-order valence-corrected chi connectivity index (χ4v) is 1.98. The van der Waals surface area contributed by atoms with E-state index in [1.54, 1.807) is 34.2 Å². The van der Waals surface area contributed by atoms with E-state index in [4.69, 9.17) is 5.73 Å². The number of hydrogen-bond acceptors (Lipinski definition) is 5. The maximum absolute atomic E-state index is 12.1. The number of fused-ring (bicyclic) bond motifs is 1. The van der Waals surface area contributed by atoms with E-state index in [0.29, 0.717) is 13.1 Å². The first-order valence-corrected chi connectivity index (χ1v) is 5.58. The molecule has 0 fully saturated rings. The lowest BCUT2D eigenvalue weighted by molar-refractivity contribution is -0.132. The molecule has 18 heavy (non-hydrogen) atoms. The van der Waals surface area contributed by atoms with Gasteiger partial charge in [0.1, 0.15) is 6.54 Å². The van der Waals surface area contributed by atoms with Gasteiger partial charge in [0, 0.05) is 30.7 Å². The van der Waals surface area contributed by atoms with Crippen LogP contribution in [0.4, 0.5) is 5.95 Å². The maximum atomic E-state index is 12.1. The molecule has 3 heterocycles. The van der Waals surface area contributed by atoms with Crippen LogP contribution in [0, 0.1) is 0 Å². The molecule has 2 aromatic rings. The van der Waals surface area contributed by atoms with Gasteiger partial charge in [0.05, 0.1) is 12.2 Å². The van der Waals surface area contributed by atoms with E-state index in [0.717, 1.165) is 11.3 Å². The molecule has 0 atom stereocenters. The van der Waals surface area contributed by atoms with Crippen molar-refractivity contribution in [2.24, 2.45) is 0 Å². The first kappa shape index (κ1) is 10.7. The fourth-order valence-electron chi connectivity index (χ4n) is 1.98. The third-order valence-corrected chi connectivity index (χ3v) is 2.88. The quantitative estimate of drug-likeness (QED) is 0.790. The Labute approximate surface area is 103 Å². The lowest BCUT2D eigenvalue weighted by atomic mass is 10.3. The van der Waals surface area contributed by atoms with Crippen LogP contribution in [0.5, 0.6) is 0 Å². The van der Waals surface area contributed by atoms with Crippen molar-refractivity contribution in [1.82, 2.24) is 24.6 Å². The molecule has 1 aliphatic rings. The number of amides is 1. The summed E-state index contributed by atoms with van der Waals surface area (Å²) in [5, 5.41) is 4.01. The number of carbonyl (C=O) groups is 1. The van der Waals surface area contributed by atoms with Crippen LogP contribution in [0.15, 0.2) is 24.7 Å². The summed E-state index contributed by atoms with van der Waals surface area (Å²) in [4.78, 5) is 21.8. The molecule has 92 valence electrons. The summed E-state index contributed by atoms with van der Waals surface area (Å²) in [7, 11) is 0. The second kappa shape index (κ2) is 4.10. The van der Waals surface area contributed by atoms with Gasteiger partial charge in [0.25, 0.3) is 0 Å². The molecule has 2 N–H and O–H groups in total. The van der Waals surface area contributed by atoms with Gasteiger partial charge in [0.15, 0.2) is 0 Å². The van der Waals surface area contributed by atoms with Crippen molar-refractivity contribution < 1.29 is 4.79 Å². The lowest BCUT2D eigenvalue weighted by Crippen LogP contribution is -2.29. The van der Waals surface area contributed by atoms with E-state index in [2.05, 4.69) is 15.1 Å². The number of carbonyl (C=O) groups excluding carboxylic acids is 1. The molecule has 0 aliphatic carbocycles. The number of hydrogen-bond donors (Lipinski definition) is 1. The summed E-state index contributed by atoms with van der Waals surface area (Å²) in [5.74, 6) is 0.255. The molecule has 0 aromatic carbocycles. The Kier molecular flexibility index (Phi) is 2.44. The molecule has 0 radical (unpaired) electrons. The first-order valence-electron chi connectivity index (χ1n) is 5.58. The lowest BCUT2D eigenvalue weighted by Gasteiger charge is -2.14. The van der Waals surface area contributed by atoms with Crippen molar-refractivity contribution >= 4 is 11.9 Å². The highest BCUT2D eigenvalue weighted by atomic mass is 16.2. The zero-order valence-electron chi connectivity index (χ0n) is 9.65. The second-order valence-electron chi connectivity index (χ2n) is 4.15. The van der Waals surface area contributed by atoms with E-state index < -0.39 is 0 Å². The number of aromatic nitrogens is 4. The van der Waals surface area contributed by atoms with Gasteiger partial charge < -0.3 is 10.6 Å². The summed E-state index contributed by atoms with van der Waals surface area (Å²) in [6, 6.07) is 1.79. The van der Waals surface area contributed by atoms with Gasteiger partial charge in [-0.15, -0.1) is 0 Å². The Morgan fingerprint density at radius 3 is 3.11 bits per heavy atom. The van der Waals surface area contributed by atoms with Crippen molar-refractivity contribution in [3.63, 3.8) is 0 Å². The molecule has 0 saturated heterocycles. The molecular formula is C11H12N6O. The van der Waals surface area contributed by atoms with Crippen LogP contribution in [0.3, 0.4) is 0 Å². The van der Waals surface area contributed by atoms with Gasteiger partial charge in [-0.2, -0.15) is 5.10 Å². The molecule has 3 rings (SSSR count). The summed E-state index contributed by atoms with van der Waals surface area (Å²) in [5.41, 5.74) is 7.31. The van der Waals surface area contributed by atoms with Gasteiger partial charge in [-0.05, 0) is 6.07 Å². The second-order valence-corrected chi connectivity index (χ2v) is 4.15. The highest BCUT2D eigenvalue weighted by Gasteiger charge is 2.25. The molecule has 7 nitrogen and oxygen atoms in total. The molecule has 0 saturated carbocycles. The van der Waals surface area contributed by atoms with E-state index in [1.807, 2.05) is 0 Å². The van der Waals surface area contributed by atoms with Gasteiger partial charge in [-0.1, -0.05) is 0 Å². The van der Waals surface area contributed by atoms with Crippen LogP contribution >= 0.6 is 0 Å². The zero-order chi connectivity index (χ0) is 12.5. The third-order valence-electron chi connectivity index (χ3n) is 2.88. The summed E-state index contributed by atoms with van der Waals surface area (Å²) < 4.78 is 1.60.